The molecule has 0 aliphatic heterocycles. The second kappa shape index (κ2) is 3.35. The minimum Gasteiger partial charge on any atom is -0.330 e. The van der Waals surface area contributed by atoms with Gasteiger partial charge in [0.15, 0.2) is 11.6 Å². The molecule has 0 saturated heterocycles. The zero-order valence-electron chi connectivity index (χ0n) is 7.69. The second-order valence-electron chi connectivity index (χ2n) is 3.40. The summed E-state index contributed by atoms with van der Waals surface area (Å²) < 4.78 is 0. The highest BCUT2D eigenvalue weighted by atomic mass is 16.2. The van der Waals surface area contributed by atoms with Crippen LogP contribution in [0.2, 0.25) is 0 Å². The Morgan fingerprint density at radius 2 is 1.57 bits per heavy atom. The van der Waals surface area contributed by atoms with Crippen LogP contribution in [0.5, 0.6) is 0 Å². The number of carbonyl (C=O) groups excluding carboxylic acids is 2. The lowest BCUT2D eigenvalue weighted by molar-refractivity contribution is 0.0833. The first-order chi connectivity index (χ1) is 6.75. The van der Waals surface area contributed by atoms with Crippen molar-refractivity contribution in [3.8, 4) is 0 Å². The van der Waals surface area contributed by atoms with E-state index in [1.165, 1.54) is 0 Å². The summed E-state index contributed by atoms with van der Waals surface area (Å²) in [4.78, 5) is 23.4. The maximum atomic E-state index is 11.7. The number of benzene rings is 1. The predicted molar refractivity (Wildman–Crippen MR) is 52.3 cm³/mol. The molecule has 2 N–H and O–H groups in total. The standard InChI is InChI=1S/C11H11NO2/c12-6-5-9-10(13)7-3-1-2-4-8(7)11(9)14/h1-4,9H,5-6,12H2. The molecule has 1 aliphatic rings. The lowest BCUT2D eigenvalue weighted by Crippen LogP contribution is -2.19. The van der Waals surface area contributed by atoms with E-state index in [2.05, 4.69) is 0 Å². The molecule has 2 rings (SSSR count). The number of carbonyl (C=O) groups is 2. The number of nitrogens with two attached hydrogens (primary N) is 1. The van der Waals surface area contributed by atoms with Gasteiger partial charge in [0.25, 0.3) is 0 Å². The summed E-state index contributed by atoms with van der Waals surface area (Å²) in [6.07, 6.45) is 0.451. The van der Waals surface area contributed by atoms with Crippen LogP contribution in [0.1, 0.15) is 27.1 Å². The van der Waals surface area contributed by atoms with Gasteiger partial charge in [0.05, 0.1) is 5.92 Å². The van der Waals surface area contributed by atoms with Gasteiger partial charge in [0, 0.05) is 11.1 Å². The van der Waals surface area contributed by atoms with Gasteiger partial charge in [0.2, 0.25) is 0 Å². The van der Waals surface area contributed by atoms with Gasteiger partial charge >= 0.3 is 0 Å². The molecule has 0 bridgehead atoms. The van der Waals surface area contributed by atoms with Crippen molar-refractivity contribution in [1.29, 1.82) is 0 Å². The number of hydrogen-bond acceptors (Lipinski definition) is 3. The topological polar surface area (TPSA) is 60.2 Å². The monoisotopic (exact) mass is 189 g/mol. The largest absolute Gasteiger partial charge is 0.330 e. The minimum atomic E-state index is -0.530. The lowest BCUT2D eigenvalue weighted by atomic mass is 10.0. The van der Waals surface area contributed by atoms with Crippen molar-refractivity contribution in [2.45, 2.75) is 6.42 Å². The number of fused-ring (bicyclic) bond motifs is 1. The van der Waals surface area contributed by atoms with E-state index in [0.29, 0.717) is 24.1 Å². The summed E-state index contributed by atoms with van der Waals surface area (Å²) in [5, 5.41) is 0. The molecule has 0 heterocycles. The van der Waals surface area contributed by atoms with Crippen molar-refractivity contribution in [1.82, 2.24) is 0 Å². The quantitative estimate of drug-likeness (QED) is 0.707. The van der Waals surface area contributed by atoms with Crippen molar-refractivity contribution in [3.05, 3.63) is 35.4 Å². The molecule has 0 spiro atoms. The van der Waals surface area contributed by atoms with Crippen LogP contribution in [-0.4, -0.2) is 18.1 Å². The average molecular weight is 189 g/mol. The molecule has 0 fully saturated rings. The molecule has 3 nitrogen and oxygen atoms in total. The molecule has 0 atom stereocenters. The summed E-state index contributed by atoms with van der Waals surface area (Å²) in [5.41, 5.74) is 6.47. The van der Waals surface area contributed by atoms with Crippen molar-refractivity contribution < 1.29 is 9.59 Å². The summed E-state index contributed by atoms with van der Waals surface area (Å²) in [5.74, 6) is -0.676. The zero-order valence-corrected chi connectivity index (χ0v) is 7.69. The highest BCUT2D eigenvalue weighted by Crippen LogP contribution is 2.28. The van der Waals surface area contributed by atoms with Crippen molar-refractivity contribution in [2.24, 2.45) is 11.7 Å². The van der Waals surface area contributed by atoms with Crippen LogP contribution in [0.15, 0.2) is 24.3 Å². The first kappa shape index (κ1) is 9.09. The smallest absolute Gasteiger partial charge is 0.174 e. The van der Waals surface area contributed by atoms with E-state index < -0.39 is 5.92 Å². The number of hydrogen-bond donors (Lipinski definition) is 1. The van der Waals surface area contributed by atoms with Gasteiger partial charge in [-0.05, 0) is 13.0 Å². The van der Waals surface area contributed by atoms with E-state index in [1.54, 1.807) is 24.3 Å². The average Bonchev–Trinajstić information content (AvgIpc) is 2.45. The van der Waals surface area contributed by atoms with E-state index in [-0.39, 0.29) is 11.6 Å². The fraction of sp³-hybridized carbons (Fsp3) is 0.273. The Morgan fingerprint density at radius 3 is 2.00 bits per heavy atom. The number of rotatable bonds is 2. The third-order valence-corrected chi connectivity index (χ3v) is 2.55. The predicted octanol–water partition coefficient (Wildman–Crippen LogP) is 1.03. The zero-order chi connectivity index (χ0) is 10.1. The van der Waals surface area contributed by atoms with Crippen LogP contribution >= 0.6 is 0 Å². The van der Waals surface area contributed by atoms with Crippen LogP contribution in [0, 0.1) is 5.92 Å². The van der Waals surface area contributed by atoms with E-state index in [9.17, 15) is 9.59 Å². The molecule has 0 amide bonds. The summed E-state index contributed by atoms with van der Waals surface area (Å²) in [6.45, 7) is 0.371. The van der Waals surface area contributed by atoms with Gasteiger partial charge in [-0.3, -0.25) is 9.59 Å². The Labute approximate surface area is 81.9 Å². The molecule has 72 valence electrons. The first-order valence-corrected chi connectivity index (χ1v) is 4.63. The fourth-order valence-corrected chi connectivity index (χ4v) is 1.84. The number of Topliss-reactive ketones (excluding diaryl/α,β-unsaturated/α-hetero) is 2. The highest BCUT2D eigenvalue weighted by Gasteiger charge is 2.37. The van der Waals surface area contributed by atoms with Crippen molar-refractivity contribution in [2.75, 3.05) is 6.54 Å². The Balaban J connectivity index is 2.43. The Hall–Kier alpha value is -1.48. The van der Waals surface area contributed by atoms with E-state index in [4.69, 9.17) is 5.73 Å². The number of ketones is 2. The fourth-order valence-electron chi connectivity index (χ4n) is 1.84. The van der Waals surface area contributed by atoms with Gasteiger partial charge in [-0.15, -0.1) is 0 Å². The van der Waals surface area contributed by atoms with Crippen LogP contribution < -0.4 is 5.73 Å². The first-order valence-electron chi connectivity index (χ1n) is 4.63. The Morgan fingerprint density at radius 1 is 1.07 bits per heavy atom. The SMILES string of the molecule is NCCC1C(=O)c2ccccc2C1=O. The molecule has 0 saturated carbocycles. The molecule has 14 heavy (non-hydrogen) atoms. The van der Waals surface area contributed by atoms with Crippen LogP contribution in [0.3, 0.4) is 0 Å². The van der Waals surface area contributed by atoms with Gasteiger partial charge in [-0.1, -0.05) is 24.3 Å². The van der Waals surface area contributed by atoms with Crippen molar-refractivity contribution >= 4 is 11.6 Å². The second-order valence-corrected chi connectivity index (χ2v) is 3.40. The third-order valence-electron chi connectivity index (χ3n) is 2.55. The van der Waals surface area contributed by atoms with Crippen LogP contribution in [0.4, 0.5) is 0 Å². The molecule has 1 aromatic rings. The van der Waals surface area contributed by atoms with E-state index in [0.717, 1.165) is 0 Å². The Kier molecular flexibility index (Phi) is 2.17. The van der Waals surface area contributed by atoms with Gasteiger partial charge < -0.3 is 5.73 Å². The molecule has 1 aliphatic carbocycles. The molecular formula is C11H11NO2. The third kappa shape index (κ3) is 1.17. The van der Waals surface area contributed by atoms with Gasteiger partial charge in [0.1, 0.15) is 0 Å². The highest BCUT2D eigenvalue weighted by molar-refractivity contribution is 6.26. The summed E-state index contributed by atoms with van der Waals surface area (Å²) in [6, 6.07) is 6.95. The molecule has 0 radical (unpaired) electrons. The minimum absolute atomic E-state index is 0.0731. The van der Waals surface area contributed by atoms with Crippen molar-refractivity contribution in [3.63, 3.8) is 0 Å². The van der Waals surface area contributed by atoms with Gasteiger partial charge in [-0.2, -0.15) is 0 Å². The molecular weight excluding hydrogens is 178 g/mol. The summed E-state index contributed by atoms with van der Waals surface area (Å²) >= 11 is 0. The van der Waals surface area contributed by atoms with E-state index in [1.807, 2.05) is 0 Å². The van der Waals surface area contributed by atoms with E-state index >= 15 is 0 Å². The molecule has 0 aromatic heterocycles. The molecule has 3 heteroatoms. The lowest BCUT2D eigenvalue weighted by Gasteiger charge is -2.02. The Bertz CT molecular complexity index is 363. The van der Waals surface area contributed by atoms with Crippen LogP contribution in [-0.2, 0) is 0 Å². The molecule has 1 aromatic carbocycles. The summed E-state index contributed by atoms with van der Waals surface area (Å²) in [7, 11) is 0. The normalized spacial score (nSPS) is 16.1. The molecule has 0 unspecified atom stereocenters. The van der Waals surface area contributed by atoms with Crippen LogP contribution in [0.25, 0.3) is 0 Å². The maximum Gasteiger partial charge on any atom is 0.174 e. The maximum absolute atomic E-state index is 11.7. The van der Waals surface area contributed by atoms with Gasteiger partial charge in [-0.25, -0.2) is 0 Å².